The minimum atomic E-state index is -4.72. The molecule has 0 bridgehead atoms. The Morgan fingerprint density at radius 2 is 0.757 bits per heavy atom. The van der Waals surface area contributed by atoms with Crippen molar-refractivity contribution in [2.45, 2.75) is 174 Å². The molecule has 0 atom stereocenters. The fourth-order valence-electron chi connectivity index (χ4n) is 4.94. The second-order valence-electron chi connectivity index (χ2n) is 11.1. The predicted octanol–water partition coefficient (Wildman–Crippen LogP) is 8.44. The normalized spacial score (nSPS) is 12.2. The average Bonchev–Trinajstić information content (AvgIpc) is 2.84. The zero-order valence-electron chi connectivity index (χ0n) is 24.2. The van der Waals surface area contributed by atoms with Crippen molar-refractivity contribution in [1.29, 1.82) is 0 Å². The number of hydrogen-bond donors (Lipinski definition) is 3. The summed E-state index contributed by atoms with van der Waals surface area (Å²) in [6.45, 7) is 4.43. The van der Waals surface area contributed by atoms with E-state index in [0.717, 1.165) is 38.5 Å². The molecule has 0 fully saturated rings. The van der Waals surface area contributed by atoms with Gasteiger partial charge in [-0.3, -0.25) is 14.2 Å². The first kappa shape index (κ1) is 36.5. The smallest absolute Gasteiger partial charge is 0.329 e. The number of unbranched alkanes of at least 4 members (excludes halogenated alkanes) is 20. The molecular formula is C30H59O6P. The van der Waals surface area contributed by atoms with E-state index in [2.05, 4.69) is 13.8 Å². The largest absolute Gasteiger partial charge is 0.374 e. The van der Waals surface area contributed by atoms with Gasteiger partial charge in [0.15, 0.2) is 17.2 Å². The first-order valence-corrected chi connectivity index (χ1v) is 17.3. The van der Waals surface area contributed by atoms with E-state index in [1.807, 2.05) is 0 Å². The fourth-order valence-corrected chi connectivity index (χ4v) is 5.89. The Kier molecular flexibility index (Phi) is 23.0. The molecule has 0 aromatic heterocycles. The van der Waals surface area contributed by atoms with Gasteiger partial charge in [0, 0.05) is 12.8 Å². The van der Waals surface area contributed by atoms with E-state index in [9.17, 15) is 29.0 Å². The third-order valence-electron chi connectivity index (χ3n) is 7.37. The molecule has 37 heavy (non-hydrogen) atoms. The lowest BCUT2D eigenvalue weighted by Crippen LogP contribution is -2.49. The molecule has 220 valence electrons. The van der Waals surface area contributed by atoms with Crippen molar-refractivity contribution >= 4 is 19.2 Å². The number of rotatable bonds is 28. The summed E-state index contributed by atoms with van der Waals surface area (Å²) in [6.07, 6.45) is 23.5. The van der Waals surface area contributed by atoms with Crippen LogP contribution in [0.3, 0.4) is 0 Å². The van der Waals surface area contributed by atoms with Crippen LogP contribution in [0.2, 0.25) is 0 Å². The third-order valence-corrected chi connectivity index (χ3v) is 8.24. The van der Waals surface area contributed by atoms with Crippen LogP contribution in [0.4, 0.5) is 0 Å². The SMILES string of the molecule is CCCCCCCCCCCCCC(=O)C(O)(CP(=O)(O)O)C(=O)CCCCCCCCCCCCC. The van der Waals surface area contributed by atoms with E-state index >= 15 is 0 Å². The van der Waals surface area contributed by atoms with E-state index in [0.29, 0.717) is 12.8 Å². The highest BCUT2D eigenvalue weighted by atomic mass is 31.2. The summed E-state index contributed by atoms with van der Waals surface area (Å²) in [7, 11) is -4.72. The first-order chi connectivity index (χ1) is 17.7. The number of carbonyl (C=O) groups is 2. The quantitative estimate of drug-likeness (QED) is 0.0516. The molecule has 0 rings (SSSR count). The zero-order valence-corrected chi connectivity index (χ0v) is 25.1. The Labute approximate surface area is 227 Å². The standard InChI is InChI=1S/C30H59O6P/c1-3-5-7-9-11-13-15-17-19-21-23-25-28(31)30(33,27-37(34,35)36)29(32)26-24-22-20-18-16-14-12-10-8-6-4-2/h33H,3-27H2,1-2H3,(H2,34,35,36). The van der Waals surface area contributed by atoms with Gasteiger partial charge in [-0.15, -0.1) is 0 Å². The Balaban J connectivity index is 4.22. The second-order valence-corrected chi connectivity index (χ2v) is 12.7. The topological polar surface area (TPSA) is 112 Å². The summed E-state index contributed by atoms with van der Waals surface area (Å²) in [5.74, 6) is -1.47. The Morgan fingerprint density at radius 1 is 0.514 bits per heavy atom. The third kappa shape index (κ3) is 21.0. The number of carbonyl (C=O) groups excluding carboxylic acids is 2. The zero-order chi connectivity index (χ0) is 27.8. The highest BCUT2D eigenvalue weighted by molar-refractivity contribution is 7.52. The van der Waals surface area contributed by atoms with Crippen molar-refractivity contribution in [3.05, 3.63) is 0 Å². The van der Waals surface area contributed by atoms with Gasteiger partial charge < -0.3 is 14.9 Å². The van der Waals surface area contributed by atoms with Crippen LogP contribution in [0.5, 0.6) is 0 Å². The van der Waals surface area contributed by atoms with Gasteiger partial charge >= 0.3 is 7.60 Å². The molecule has 0 amide bonds. The maximum Gasteiger partial charge on any atom is 0.329 e. The minimum Gasteiger partial charge on any atom is -0.374 e. The van der Waals surface area contributed by atoms with E-state index in [-0.39, 0.29) is 12.8 Å². The Morgan fingerprint density at radius 3 is 1.00 bits per heavy atom. The number of Topliss-reactive ketones (excluding diaryl/α,β-unsaturated/α-hetero) is 2. The van der Waals surface area contributed by atoms with E-state index in [1.165, 1.54) is 89.9 Å². The monoisotopic (exact) mass is 546 g/mol. The molecule has 0 unspecified atom stereocenters. The number of aliphatic hydroxyl groups is 1. The lowest BCUT2D eigenvalue weighted by Gasteiger charge is -2.25. The summed E-state index contributed by atoms with van der Waals surface area (Å²) in [4.78, 5) is 44.3. The van der Waals surface area contributed by atoms with Crippen LogP contribution in [-0.4, -0.2) is 38.2 Å². The van der Waals surface area contributed by atoms with Crippen LogP contribution in [0.1, 0.15) is 168 Å². The molecule has 0 radical (unpaired) electrons. The van der Waals surface area contributed by atoms with Crippen molar-refractivity contribution in [2.24, 2.45) is 0 Å². The van der Waals surface area contributed by atoms with Crippen LogP contribution in [-0.2, 0) is 14.2 Å². The molecule has 0 aliphatic heterocycles. The molecule has 0 saturated carbocycles. The summed E-state index contributed by atoms with van der Waals surface area (Å²) in [5.41, 5.74) is -2.56. The summed E-state index contributed by atoms with van der Waals surface area (Å²) in [6, 6.07) is 0. The molecule has 0 spiro atoms. The van der Waals surface area contributed by atoms with Crippen molar-refractivity contribution in [3.8, 4) is 0 Å². The van der Waals surface area contributed by atoms with Gasteiger partial charge in [-0.1, -0.05) is 142 Å². The van der Waals surface area contributed by atoms with Crippen LogP contribution >= 0.6 is 7.60 Å². The molecule has 0 aromatic rings. The summed E-state index contributed by atoms with van der Waals surface area (Å²) < 4.78 is 11.6. The average molecular weight is 547 g/mol. The summed E-state index contributed by atoms with van der Waals surface area (Å²) >= 11 is 0. The second kappa shape index (κ2) is 23.3. The van der Waals surface area contributed by atoms with Crippen LogP contribution in [0, 0.1) is 0 Å². The van der Waals surface area contributed by atoms with Crippen molar-refractivity contribution in [3.63, 3.8) is 0 Å². The van der Waals surface area contributed by atoms with Crippen LogP contribution < -0.4 is 0 Å². The van der Waals surface area contributed by atoms with E-state index < -0.39 is 30.9 Å². The molecular weight excluding hydrogens is 487 g/mol. The molecule has 3 N–H and O–H groups in total. The van der Waals surface area contributed by atoms with Gasteiger partial charge in [-0.25, -0.2) is 0 Å². The van der Waals surface area contributed by atoms with Crippen molar-refractivity contribution in [1.82, 2.24) is 0 Å². The molecule has 7 heteroatoms. The highest BCUT2D eigenvalue weighted by Gasteiger charge is 2.46. The van der Waals surface area contributed by atoms with E-state index in [1.54, 1.807) is 0 Å². The summed E-state index contributed by atoms with van der Waals surface area (Å²) in [5, 5.41) is 10.8. The number of hydrogen-bond acceptors (Lipinski definition) is 4. The lowest BCUT2D eigenvalue weighted by atomic mass is 9.88. The van der Waals surface area contributed by atoms with Gasteiger partial charge in [0.1, 0.15) is 0 Å². The first-order valence-electron chi connectivity index (χ1n) is 15.5. The molecule has 0 saturated heterocycles. The highest BCUT2D eigenvalue weighted by Crippen LogP contribution is 2.40. The Hall–Kier alpha value is -0.550. The van der Waals surface area contributed by atoms with Gasteiger partial charge in [0.25, 0.3) is 0 Å². The van der Waals surface area contributed by atoms with Crippen molar-refractivity contribution in [2.75, 3.05) is 6.16 Å². The Bertz CT molecular complexity index is 577. The maximum absolute atomic E-state index is 12.7. The number of ketones is 2. The van der Waals surface area contributed by atoms with E-state index in [4.69, 9.17) is 0 Å². The molecule has 0 aliphatic carbocycles. The van der Waals surface area contributed by atoms with Crippen molar-refractivity contribution < 1.29 is 29.0 Å². The van der Waals surface area contributed by atoms with Gasteiger partial charge in [0.2, 0.25) is 0 Å². The van der Waals surface area contributed by atoms with Crippen LogP contribution in [0.25, 0.3) is 0 Å². The molecule has 0 aromatic carbocycles. The predicted molar refractivity (Wildman–Crippen MR) is 154 cm³/mol. The van der Waals surface area contributed by atoms with Crippen LogP contribution in [0.15, 0.2) is 0 Å². The maximum atomic E-state index is 12.7. The van der Waals surface area contributed by atoms with Gasteiger partial charge in [0.05, 0.1) is 6.16 Å². The van der Waals surface area contributed by atoms with Gasteiger partial charge in [-0.05, 0) is 12.8 Å². The molecule has 6 nitrogen and oxygen atoms in total. The fraction of sp³-hybridized carbons (Fsp3) is 0.933. The molecule has 0 heterocycles. The lowest BCUT2D eigenvalue weighted by molar-refractivity contribution is -0.149. The molecule has 0 aliphatic rings. The van der Waals surface area contributed by atoms with Gasteiger partial charge in [-0.2, -0.15) is 0 Å². The minimum absolute atomic E-state index is 0.0164.